The Labute approximate surface area is 189 Å². The number of nitrogens with zero attached hydrogens (tertiary/aromatic N) is 3. The summed E-state index contributed by atoms with van der Waals surface area (Å²) in [5.41, 5.74) is 0.908. The van der Waals surface area contributed by atoms with Crippen molar-refractivity contribution in [2.45, 2.75) is 45.4 Å². The highest BCUT2D eigenvalue weighted by Crippen LogP contribution is 2.28. The molecule has 0 unspecified atom stereocenters. The number of guanidine groups is 1. The van der Waals surface area contributed by atoms with Gasteiger partial charge in [0.05, 0.1) is 7.11 Å². The lowest BCUT2D eigenvalue weighted by molar-refractivity contribution is -0.122. The Morgan fingerprint density at radius 2 is 1.91 bits per heavy atom. The minimum Gasteiger partial charge on any atom is -0.497 e. The fraction of sp³-hybridized carbons (Fsp3) is 0.565. The lowest BCUT2D eigenvalue weighted by atomic mass is 10.2. The van der Waals surface area contributed by atoms with Gasteiger partial charge in [-0.1, -0.05) is 11.6 Å². The number of benzene rings is 1. The van der Waals surface area contributed by atoms with Crippen LogP contribution in [-0.4, -0.2) is 55.3 Å². The van der Waals surface area contributed by atoms with Gasteiger partial charge in [0.1, 0.15) is 5.75 Å². The number of amides is 1. The van der Waals surface area contributed by atoms with Gasteiger partial charge in [-0.2, -0.15) is 4.98 Å². The molecule has 174 valence electrons. The van der Waals surface area contributed by atoms with Crippen molar-refractivity contribution in [3.8, 4) is 17.1 Å². The van der Waals surface area contributed by atoms with Gasteiger partial charge in [0.25, 0.3) is 0 Å². The molecule has 3 N–H and O–H groups in total. The van der Waals surface area contributed by atoms with E-state index in [1.165, 1.54) is 0 Å². The summed E-state index contributed by atoms with van der Waals surface area (Å²) in [5.74, 6) is 3.26. The van der Waals surface area contributed by atoms with Crippen LogP contribution in [0.1, 0.15) is 44.9 Å². The highest BCUT2D eigenvalue weighted by atomic mass is 16.5. The zero-order valence-corrected chi connectivity index (χ0v) is 19.0. The van der Waals surface area contributed by atoms with E-state index in [0.29, 0.717) is 24.8 Å². The van der Waals surface area contributed by atoms with E-state index in [1.54, 1.807) is 7.11 Å². The second-order valence-corrected chi connectivity index (χ2v) is 7.80. The van der Waals surface area contributed by atoms with Gasteiger partial charge in [0.15, 0.2) is 5.96 Å². The van der Waals surface area contributed by atoms with E-state index in [0.717, 1.165) is 68.9 Å². The van der Waals surface area contributed by atoms with Crippen molar-refractivity contribution in [3.05, 3.63) is 30.2 Å². The number of hydrogen-bond acceptors (Lipinski definition) is 6. The van der Waals surface area contributed by atoms with Crippen LogP contribution in [0, 0.1) is 5.92 Å². The van der Waals surface area contributed by atoms with Crippen molar-refractivity contribution in [2.75, 3.05) is 33.3 Å². The number of ether oxygens (including phenoxy) is 1. The number of aromatic nitrogens is 2. The fourth-order valence-corrected chi connectivity index (χ4v) is 3.17. The predicted octanol–water partition coefficient (Wildman–Crippen LogP) is 2.54. The monoisotopic (exact) mass is 442 g/mol. The highest BCUT2D eigenvalue weighted by Gasteiger charge is 2.28. The molecule has 1 amide bonds. The number of methoxy groups -OCH3 is 1. The van der Waals surface area contributed by atoms with Crippen LogP contribution in [0.15, 0.2) is 33.8 Å². The SMILES string of the molecule is CCNC(=NCCCCCc1nc(-c2ccc(OC)cc2)no1)NCCNC(=O)C1CC1. The molecule has 0 atom stereocenters. The van der Waals surface area contributed by atoms with Crippen LogP contribution in [0.5, 0.6) is 5.75 Å². The van der Waals surface area contributed by atoms with Crippen molar-refractivity contribution in [1.29, 1.82) is 0 Å². The fourth-order valence-electron chi connectivity index (χ4n) is 3.17. The van der Waals surface area contributed by atoms with Crippen LogP contribution in [0.25, 0.3) is 11.4 Å². The molecule has 1 aromatic heterocycles. The summed E-state index contributed by atoms with van der Waals surface area (Å²) in [7, 11) is 1.64. The molecule has 1 aliphatic rings. The van der Waals surface area contributed by atoms with Crippen LogP contribution in [0.4, 0.5) is 0 Å². The summed E-state index contributed by atoms with van der Waals surface area (Å²) >= 11 is 0. The molecule has 1 fully saturated rings. The van der Waals surface area contributed by atoms with E-state index in [9.17, 15) is 4.79 Å². The molecule has 0 aliphatic heterocycles. The van der Waals surface area contributed by atoms with Gasteiger partial charge in [-0.3, -0.25) is 9.79 Å². The Morgan fingerprint density at radius 1 is 1.12 bits per heavy atom. The molecular formula is C23H34N6O3. The Balaban J connectivity index is 1.30. The molecule has 0 radical (unpaired) electrons. The Bertz CT molecular complexity index is 861. The first kappa shape index (κ1) is 23.6. The Morgan fingerprint density at radius 3 is 2.62 bits per heavy atom. The number of aryl methyl sites for hydroxylation is 1. The van der Waals surface area contributed by atoms with Gasteiger partial charge in [-0.15, -0.1) is 0 Å². The molecule has 32 heavy (non-hydrogen) atoms. The third-order valence-electron chi connectivity index (χ3n) is 5.14. The predicted molar refractivity (Wildman–Crippen MR) is 124 cm³/mol. The molecule has 0 saturated heterocycles. The maximum absolute atomic E-state index is 11.6. The van der Waals surface area contributed by atoms with Crippen molar-refractivity contribution in [3.63, 3.8) is 0 Å². The lowest BCUT2D eigenvalue weighted by Crippen LogP contribution is -2.41. The number of carbonyl (C=O) groups excluding carboxylic acids is 1. The number of rotatable bonds is 13. The highest BCUT2D eigenvalue weighted by molar-refractivity contribution is 5.81. The molecule has 9 nitrogen and oxygen atoms in total. The lowest BCUT2D eigenvalue weighted by Gasteiger charge is -2.11. The first-order chi connectivity index (χ1) is 15.7. The first-order valence-corrected chi connectivity index (χ1v) is 11.5. The van der Waals surface area contributed by atoms with E-state index in [1.807, 2.05) is 31.2 Å². The number of hydrogen-bond donors (Lipinski definition) is 3. The quantitative estimate of drug-likeness (QED) is 0.248. The van der Waals surface area contributed by atoms with Crippen LogP contribution in [-0.2, 0) is 11.2 Å². The van der Waals surface area contributed by atoms with Gasteiger partial charge in [0.2, 0.25) is 17.6 Å². The topological polar surface area (TPSA) is 114 Å². The van der Waals surface area contributed by atoms with E-state index >= 15 is 0 Å². The zero-order chi connectivity index (χ0) is 22.6. The zero-order valence-electron chi connectivity index (χ0n) is 19.0. The Kier molecular flexibility index (Phi) is 9.34. The number of carbonyl (C=O) groups is 1. The molecule has 9 heteroatoms. The Hall–Kier alpha value is -3.10. The molecule has 1 aliphatic carbocycles. The third-order valence-corrected chi connectivity index (χ3v) is 5.14. The minimum atomic E-state index is 0.172. The van der Waals surface area contributed by atoms with Crippen LogP contribution < -0.4 is 20.7 Å². The van der Waals surface area contributed by atoms with Crippen molar-refractivity contribution >= 4 is 11.9 Å². The van der Waals surface area contributed by atoms with Crippen molar-refractivity contribution in [1.82, 2.24) is 26.1 Å². The maximum atomic E-state index is 11.6. The van der Waals surface area contributed by atoms with Gasteiger partial charge < -0.3 is 25.2 Å². The molecule has 1 aromatic carbocycles. The number of aliphatic imine (C=N–C) groups is 1. The summed E-state index contributed by atoms with van der Waals surface area (Å²) in [5, 5.41) is 13.5. The molecular weight excluding hydrogens is 408 g/mol. The minimum absolute atomic E-state index is 0.172. The first-order valence-electron chi connectivity index (χ1n) is 11.5. The normalized spacial score (nSPS) is 13.6. The number of nitrogens with one attached hydrogen (secondary N) is 3. The molecule has 0 bridgehead atoms. The van der Waals surface area contributed by atoms with E-state index in [2.05, 4.69) is 31.1 Å². The molecule has 2 aromatic rings. The second kappa shape index (κ2) is 12.7. The number of unbranched alkanes of at least 4 members (excludes halogenated alkanes) is 2. The smallest absolute Gasteiger partial charge is 0.226 e. The molecule has 0 spiro atoms. The summed E-state index contributed by atoms with van der Waals surface area (Å²) in [4.78, 5) is 20.7. The second-order valence-electron chi connectivity index (χ2n) is 7.80. The van der Waals surface area contributed by atoms with Crippen molar-refractivity contribution in [2.24, 2.45) is 10.9 Å². The van der Waals surface area contributed by atoms with Gasteiger partial charge in [-0.05, 0) is 56.9 Å². The summed E-state index contributed by atoms with van der Waals surface area (Å²) in [6, 6.07) is 7.60. The van der Waals surface area contributed by atoms with Crippen LogP contribution >= 0.6 is 0 Å². The molecule has 1 heterocycles. The third kappa shape index (κ3) is 7.86. The van der Waals surface area contributed by atoms with Gasteiger partial charge in [-0.25, -0.2) is 0 Å². The average molecular weight is 443 g/mol. The van der Waals surface area contributed by atoms with E-state index in [4.69, 9.17) is 9.26 Å². The van der Waals surface area contributed by atoms with E-state index < -0.39 is 0 Å². The van der Waals surface area contributed by atoms with E-state index in [-0.39, 0.29) is 11.8 Å². The maximum Gasteiger partial charge on any atom is 0.226 e. The molecule has 3 rings (SSSR count). The standard InChI is InChI=1S/C23H34N6O3/c1-3-24-23(27-16-15-25-22(30)18-8-9-18)26-14-6-4-5-7-20-28-21(29-32-20)17-10-12-19(31-2)13-11-17/h10-13,18H,3-9,14-16H2,1-2H3,(H,25,30)(H2,24,26,27). The largest absolute Gasteiger partial charge is 0.497 e. The van der Waals surface area contributed by atoms with Crippen molar-refractivity contribution < 1.29 is 14.1 Å². The van der Waals surface area contributed by atoms with Crippen LogP contribution in [0.2, 0.25) is 0 Å². The summed E-state index contributed by atoms with van der Waals surface area (Å²) in [6.45, 7) is 4.86. The van der Waals surface area contributed by atoms with Gasteiger partial charge >= 0.3 is 0 Å². The summed E-state index contributed by atoms with van der Waals surface area (Å²) < 4.78 is 10.5. The average Bonchev–Trinajstić information content (AvgIpc) is 3.57. The van der Waals surface area contributed by atoms with Gasteiger partial charge in [0, 0.05) is 44.1 Å². The summed E-state index contributed by atoms with van der Waals surface area (Å²) in [6.07, 6.45) is 5.79. The van der Waals surface area contributed by atoms with Crippen LogP contribution in [0.3, 0.4) is 0 Å². The molecule has 1 saturated carbocycles.